The first-order valence-electron chi connectivity index (χ1n) is 10.1. The number of aryl methyl sites for hydroxylation is 1. The van der Waals surface area contributed by atoms with Crippen molar-refractivity contribution < 1.29 is 4.74 Å². The maximum absolute atomic E-state index is 5.25. The predicted molar refractivity (Wildman–Crippen MR) is 125 cm³/mol. The summed E-state index contributed by atoms with van der Waals surface area (Å²) in [6.45, 7) is 5.43. The van der Waals surface area contributed by atoms with Crippen LogP contribution in [0.15, 0.2) is 29.3 Å². The van der Waals surface area contributed by atoms with Crippen molar-refractivity contribution in [1.29, 1.82) is 0 Å². The average molecular weight is 510 g/mol. The Morgan fingerprint density at radius 3 is 2.52 bits per heavy atom. The number of aromatic nitrogens is 3. The molecule has 1 saturated heterocycles. The molecule has 1 aliphatic heterocycles. The summed E-state index contributed by atoms with van der Waals surface area (Å²) >= 11 is 0. The summed E-state index contributed by atoms with van der Waals surface area (Å²) in [5, 5.41) is 12.0. The molecule has 158 valence electrons. The molecule has 0 unspecified atom stereocenters. The molecule has 2 aromatic rings. The number of nitrogens with zero attached hydrogens (tertiary/aromatic N) is 5. The van der Waals surface area contributed by atoms with E-state index in [9.17, 15) is 0 Å². The smallest absolute Gasteiger partial charge is 0.194 e. The molecule has 2 heterocycles. The fourth-order valence-corrected chi connectivity index (χ4v) is 4.13. The second kappa shape index (κ2) is 9.32. The van der Waals surface area contributed by atoms with Gasteiger partial charge in [0.2, 0.25) is 0 Å². The van der Waals surface area contributed by atoms with Crippen LogP contribution in [-0.4, -0.2) is 45.8 Å². The second-order valence-corrected chi connectivity index (χ2v) is 8.09. The summed E-state index contributed by atoms with van der Waals surface area (Å²) < 4.78 is 7.27. The highest BCUT2D eigenvalue weighted by Gasteiger charge is 2.43. The lowest BCUT2D eigenvalue weighted by atomic mass is 9.68. The minimum Gasteiger partial charge on any atom is -0.497 e. The fraction of sp³-hybridized carbons (Fsp3) is 0.571. The van der Waals surface area contributed by atoms with Crippen LogP contribution >= 0.6 is 24.0 Å². The van der Waals surface area contributed by atoms with Gasteiger partial charge in [0, 0.05) is 20.1 Å². The summed E-state index contributed by atoms with van der Waals surface area (Å²) in [7, 11) is 3.69. The van der Waals surface area contributed by atoms with Crippen LogP contribution < -0.4 is 10.1 Å². The van der Waals surface area contributed by atoms with Crippen molar-refractivity contribution in [3.63, 3.8) is 0 Å². The molecule has 8 heteroatoms. The van der Waals surface area contributed by atoms with Crippen LogP contribution in [0.2, 0.25) is 0 Å². The van der Waals surface area contributed by atoms with Gasteiger partial charge in [-0.05, 0) is 49.3 Å². The minimum atomic E-state index is 0. The lowest BCUT2D eigenvalue weighted by Gasteiger charge is -2.38. The van der Waals surface area contributed by atoms with Crippen LogP contribution in [0.25, 0.3) is 0 Å². The summed E-state index contributed by atoms with van der Waals surface area (Å²) in [6.07, 6.45) is 5.37. The number of methoxy groups -OCH3 is 1. The van der Waals surface area contributed by atoms with E-state index in [1.165, 1.54) is 31.2 Å². The highest BCUT2D eigenvalue weighted by atomic mass is 127. The van der Waals surface area contributed by atoms with Gasteiger partial charge < -0.3 is 19.5 Å². The zero-order valence-electron chi connectivity index (χ0n) is 17.5. The van der Waals surface area contributed by atoms with Crippen LogP contribution in [0.5, 0.6) is 5.75 Å². The Kier molecular flexibility index (Phi) is 7.02. The van der Waals surface area contributed by atoms with E-state index < -0.39 is 0 Å². The normalized spacial score (nSPS) is 17.8. The van der Waals surface area contributed by atoms with Gasteiger partial charge in [0.25, 0.3) is 0 Å². The third-order valence-corrected chi connectivity index (χ3v) is 6.31. The van der Waals surface area contributed by atoms with E-state index in [1.54, 1.807) is 7.11 Å². The van der Waals surface area contributed by atoms with Crippen LogP contribution in [-0.2, 0) is 20.1 Å². The van der Waals surface area contributed by atoms with Gasteiger partial charge in [0.05, 0.1) is 20.2 Å². The zero-order valence-corrected chi connectivity index (χ0v) is 19.8. The highest BCUT2D eigenvalue weighted by molar-refractivity contribution is 14.0. The Labute approximate surface area is 190 Å². The number of nitrogens with one attached hydrogen (secondary N) is 1. The Morgan fingerprint density at radius 2 is 1.97 bits per heavy atom. The summed E-state index contributed by atoms with van der Waals surface area (Å²) in [4.78, 5) is 7.36. The van der Waals surface area contributed by atoms with Gasteiger partial charge in [-0.25, -0.2) is 4.99 Å². The summed E-state index contributed by atoms with van der Waals surface area (Å²) in [5.74, 6) is 3.69. The molecule has 29 heavy (non-hydrogen) atoms. The molecule has 4 rings (SSSR count). The molecular weight excluding hydrogens is 479 g/mol. The first-order chi connectivity index (χ1) is 13.6. The molecule has 1 aromatic heterocycles. The van der Waals surface area contributed by atoms with Crippen LogP contribution in [0.3, 0.4) is 0 Å². The maximum atomic E-state index is 5.25. The van der Waals surface area contributed by atoms with Crippen molar-refractivity contribution >= 4 is 29.9 Å². The van der Waals surface area contributed by atoms with E-state index in [4.69, 9.17) is 9.73 Å². The molecule has 0 amide bonds. The zero-order chi connectivity index (χ0) is 19.6. The van der Waals surface area contributed by atoms with Crippen molar-refractivity contribution in [2.45, 2.75) is 45.7 Å². The monoisotopic (exact) mass is 510 g/mol. The number of aliphatic imine (C=N–C) groups is 1. The Morgan fingerprint density at radius 1 is 1.21 bits per heavy atom. The molecule has 0 bridgehead atoms. The number of ether oxygens (including phenoxy) is 1. The number of hydrogen-bond donors (Lipinski definition) is 1. The summed E-state index contributed by atoms with van der Waals surface area (Å²) in [5.41, 5.74) is 1.70. The molecule has 1 saturated carbocycles. The van der Waals surface area contributed by atoms with E-state index in [-0.39, 0.29) is 24.0 Å². The van der Waals surface area contributed by atoms with E-state index in [0.717, 1.165) is 36.4 Å². The quantitative estimate of drug-likeness (QED) is 0.380. The van der Waals surface area contributed by atoms with Gasteiger partial charge in [0.1, 0.15) is 11.6 Å². The van der Waals surface area contributed by atoms with Gasteiger partial charge >= 0.3 is 0 Å². The first-order valence-corrected chi connectivity index (χ1v) is 10.1. The molecule has 2 aliphatic rings. The van der Waals surface area contributed by atoms with Gasteiger partial charge in [-0.3, -0.25) is 0 Å². The lowest BCUT2D eigenvalue weighted by Crippen LogP contribution is -2.42. The van der Waals surface area contributed by atoms with Crippen molar-refractivity contribution in [3.8, 4) is 5.75 Å². The van der Waals surface area contributed by atoms with Crippen molar-refractivity contribution in [2.24, 2.45) is 17.5 Å². The third kappa shape index (κ3) is 4.84. The number of benzene rings is 1. The Bertz CT molecular complexity index is 843. The van der Waals surface area contributed by atoms with Gasteiger partial charge in [-0.15, -0.1) is 34.2 Å². The molecule has 0 atom stereocenters. The maximum Gasteiger partial charge on any atom is 0.194 e. The first kappa shape index (κ1) is 21.9. The van der Waals surface area contributed by atoms with Crippen LogP contribution in [0.1, 0.15) is 42.9 Å². The molecule has 1 aliphatic carbocycles. The van der Waals surface area contributed by atoms with E-state index in [1.807, 2.05) is 30.7 Å². The van der Waals surface area contributed by atoms with Crippen LogP contribution in [0, 0.1) is 12.3 Å². The third-order valence-electron chi connectivity index (χ3n) is 6.31. The average Bonchev–Trinajstić information content (AvgIpc) is 3.28. The van der Waals surface area contributed by atoms with Gasteiger partial charge in [0.15, 0.2) is 11.8 Å². The largest absolute Gasteiger partial charge is 0.497 e. The van der Waals surface area contributed by atoms with E-state index >= 15 is 0 Å². The van der Waals surface area contributed by atoms with Crippen molar-refractivity contribution in [3.05, 3.63) is 41.5 Å². The molecular formula is C21H31IN6O. The lowest BCUT2D eigenvalue weighted by molar-refractivity contribution is 0.151. The molecule has 7 nitrogen and oxygen atoms in total. The highest BCUT2D eigenvalue weighted by Crippen LogP contribution is 2.47. The van der Waals surface area contributed by atoms with Crippen molar-refractivity contribution in [2.75, 3.05) is 20.2 Å². The Hall–Kier alpha value is -1.84. The summed E-state index contributed by atoms with van der Waals surface area (Å²) in [6, 6.07) is 8.12. The topological polar surface area (TPSA) is 67.6 Å². The molecule has 2 fully saturated rings. The standard InChI is InChI=1S/C21H30N6O.HI/c1-16-24-25-19(26(16)2)14-23-20(27-12-11-21(15-27)9-4-10-21)22-13-17-5-7-18(28-3)8-6-17;/h5-8H,4,9-15H2,1-3H3,(H,22,23);1H. The second-order valence-electron chi connectivity index (χ2n) is 8.09. The molecule has 1 aromatic carbocycles. The fourth-order valence-electron chi connectivity index (χ4n) is 4.13. The predicted octanol–water partition coefficient (Wildman–Crippen LogP) is 3.27. The van der Waals surface area contributed by atoms with Crippen LogP contribution in [0.4, 0.5) is 0 Å². The molecule has 0 radical (unpaired) electrons. The molecule has 1 spiro atoms. The van der Waals surface area contributed by atoms with Gasteiger partial charge in [-0.1, -0.05) is 18.6 Å². The van der Waals surface area contributed by atoms with Gasteiger partial charge in [-0.2, -0.15) is 0 Å². The number of hydrogen-bond acceptors (Lipinski definition) is 4. The SMILES string of the molecule is COc1ccc(CN=C(NCc2nnc(C)n2C)N2CCC3(CCC3)C2)cc1.I. The Balaban J connectivity index is 0.00000240. The number of guanidine groups is 1. The number of rotatable bonds is 5. The molecule has 1 N–H and O–H groups in total. The minimum absolute atomic E-state index is 0. The number of halogens is 1. The number of likely N-dealkylation sites (tertiary alicyclic amines) is 1. The van der Waals surface area contributed by atoms with E-state index in [2.05, 4.69) is 32.5 Å². The van der Waals surface area contributed by atoms with Crippen molar-refractivity contribution in [1.82, 2.24) is 25.0 Å². The van der Waals surface area contributed by atoms with E-state index in [0.29, 0.717) is 18.5 Å².